The van der Waals surface area contributed by atoms with Crippen molar-refractivity contribution in [2.24, 2.45) is 0 Å². The zero-order chi connectivity index (χ0) is 9.68. The molecule has 1 aliphatic heterocycles. The normalized spacial score (nSPS) is 24.5. The van der Waals surface area contributed by atoms with Crippen molar-refractivity contribution in [3.8, 4) is 0 Å². The lowest BCUT2D eigenvalue weighted by Crippen LogP contribution is -2.55. The monoisotopic (exact) mass is 185 g/mol. The maximum Gasteiger partial charge on any atom is 0.237 e. The Morgan fingerprint density at radius 1 is 1.69 bits per heavy atom. The SMILES string of the molecule is CCNCCN1CCNC(=O)C1C. The molecule has 0 saturated carbocycles. The van der Waals surface area contributed by atoms with Gasteiger partial charge in [-0.05, 0) is 13.5 Å². The lowest BCUT2D eigenvalue weighted by molar-refractivity contribution is -0.128. The Hall–Kier alpha value is -0.610. The summed E-state index contributed by atoms with van der Waals surface area (Å²) in [6.07, 6.45) is 0. The maximum absolute atomic E-state index is 11.3. The van der Waals surface area contributed by atoms with Crippen LogP contribution in [0.4, 0.5) is 0 Å². The van der Waals surface area contributed by atoms with Gasteiger partial charge >= 0.3 is 0 Å². The molecule has 4 nitrogen and oxygen atoms in total. The number of carbonyl (C=O) groups excluding carboxylic acids is 1. The lowest BCUT2D eigenvalue weighted by Gasteiger charge is -2.32. The van der Waals surface area contributed by atoms with E-state index in [-0.39, 0.29) is 11.9 Å². The topological polar surface area (TPSA) is 44.4 Å². The van der Waals surface area contributed by atoms with Crippen LogP contribution in [0.15, 0.2) is 0 Å². The van der Waals surface area contributed by atoms with Crippen LogP contribution in [-0.2, 0) is 4.79 Å². The van der Waals surface area contributed by atoms with Crippen molar-refractivity contribution in [1.29, 1.82) is 0 Å². The van der Waals surface area contributed by atoms with Gasteiger partial charge in [0, 0.05) is 26.2 Å². The number of hydrogen-bond donors (Lipinski definition) is 2. The second-order valence-corrected chi connectivity index (χ2v) is 3.36. The Balaban J connectivity index is 2.27. The first kappa shape index (κ1) is 10.5. The molecule has 4 heteroatoms. The third-order valence-electron chi connectivity index (χ3n) is 2.45. The average molecular weight is 185 g/mol. The number of nitrogens with zero attached hydrogens (tertiary/aromatic N) is 1. The smallest absolute Gasteiger partial charge is 0.237 e. The number of likely N-dealkylation sites (N-methyl/N-ethyl adjacent to an activating group) is 1. The predicted octanol–water partition coefficient (Wildman–Crippen LogP) is -0.584. The summed E-state index contributed by atoms with van der Waals surface area (Å²) < 4.78 is 0. The summed E-state index contributed by atoms with van der Waals surface area (Å²) in [5.74, 6) is 0.155. The molecule has 1 saturated heterocycles. The van der Waals surface area contributed by atoms with Crippen LogP contribution in [0, 0.1) is 0 Å². The van der Waals surface area contributed by atoms with Crippen LogP contribution in [0.2, 0.25) is 0 Å². The van der Waals surface area contributed by atoms with Crippen molar-refractivity contribution in [2.75, 3.05) is 32.7 Å². The summed E-state index contributed by atoms with van der Waals surface area (Å²) in [5.41, 5.74) is 0. The minimum atomic E-state index is 0.0346. The summed E-state index contributed by atoms with van der Waals surface area (Å²) in [4.78, 5) is 13.5. The Morgan fingerprint density at radius 3 is 3.15 bits per heavy atom. The number of hydrogen-bond acceptors (Lipinski definition) is 3. The zero-order valence-corrected chi connectivity index (χ0v) is 8.47. The molecule has 1 aliphatic rings. The van der Waals surface area contributed by atoms with Gasteiger partial charge < -0.3 is 10.6 Å². The van der Waals surface area contributed by atoms with E-state index in [2.05, 4.69) is 22.5 Å². The Morgan fingerprint density at radius 2 is 2.46 bits per heavy atom. The Labute approximate surface area is 79.7 Å². The molecule has 1 rings (SSSR count). The molecule has 76 valence electrons. The highest BCUT2D eigenvalue weighted by Crippen LogP contribution is 2.01. The van der Waals surface area contributed by atoms with E-state index in [1.807, 2.05) is 6.92 Å². The molecule has 0 aromatic rings. The highest BCUT2D eigenvalue weighted by atomic mass is 16.2. The molecule has 1 unspecified atom stereocenters. The van der Waals surface area contributed by atoms with E-state index in [1.165, 1.54) is 0 Å². The third kappa shape index (κ3) is 2.97. The second-order valence-electron chi connectivity index (χ2n) is 3.36. The summed E-state index contributed by atoms with van der Waals surface area (Å²) >= 11 is 0. The van der Waals surface area contributed by atoms with Gasteiger partial charge in [-0.3, -0.25) is 9.69 Å². The van der Waals surface area contributed by atoms with E-state index in [4.69, 9.17) is 0 Å². The first-order valence-electron chi connectivity index (χ1n) is 4.98. The van der Waals surface area contributed by atoms with Gasteiger partial charge in [-0.25, -0.2) is 0 Å². The highest BCUT2D eigenvalue weighted by molar-refractivity contribution is 5.81. The molecule has 0 bridgehead atoms. The van der Waals surface area contributed by atoms with Crippen LogP contribution < -0.4 is 10.6 Å². The standard InChI is InChI=1S/C9H19N3O/c1-3-10-4-6-12-7-5-11-9(13)8(12)2/h8,10H,3-7H2,1-2H3,(H,11,13). The van der Waals surface area contributed by atoms with Crippen LogP contribution in [0.25, 0.3) is 0 Å². The largest absolute Gasteiger partial charge is 0.353 e. The Bertz CT molecular complexity index is 172. The van der Waals surface area contributed by atoms with Crippen molar-refractivity contribution < 1.29 is 4.79 Å². The summed E-state index contributed by atoms with van der Waals surface area (Å²) in [5, 5.41) is 6.11. The zero-order valence-electron chi connectivity index (χ0n) is 8.47. The molecule has 1 fully saturated rings. The molecule has 0 aromatic carbocycles. The summed E-state index contributed by atoms with van der Waals surface area (Å²) in [6.45, 7) is 8.73. The van der Waals surface area contributed by atoms with E-state index < -0.39 is 0 Å². The van der Waals surface area contributed by atoms with E-state index in [9.17, 15) is 4.79 Å². The molecule has 0 spiro atoms. The van der Waals surface area contributed by atoms with Crippen molar-refractivity contribution in [1.82, 2.24) is 15.5 Å². The third-order valence-corrected chi connectivity index (χ3v) is 2.45. The number of rotatable bonds is 4. The maximum atomic E-state index is 11.3. The van der Waals surface area contributed by atoms with Gasteiger partial charge in [-0.15, -0.1) is 0 Å². The fourth-order valence-corrected chi connectivity index (χ4v) is 1.53. The van der Waals surface area contributed by atoms with Crippen molar-refractivity contribution >= 4 is 5.91 Å². The second kappa shape index (κ2) is 5.19. The molecule has 2 N–H and O–H groups in total. The predicted molar refractivity (Wildman–Crippen MR) is 52.6 cm³/mol. The van der Waals surface area contributed by atoms with Gasteiger partial charge in [0.05, 0.1) is 6.04 Å². The van der Waals surface area contributed by atoms with Gasteiger partial charge in [0.15, 0.2) is 0 Å². The minimum Gasteiger partial charge on any atom is -0.353 e. The molecule has 1 heterocycles. The number of nitrogens with one attached hydrogen (secondary N) is 2. The quantitative estimate of drug-likeness (QED) is 0.576. The number of piperazine rings is 1. The average Bonchev–Trinajstić information content (AvgIpc) is 2.13. The molecular formula is C9H19N3O. The summed E-state index contributed by atoms with van der Waals surface area (Å²) in [6, 6.07) is 0.0346. The molecule has 1 atom stereocenters. The molecule has 1 amide bonds. The van der Waals surface area contributed by atoms with Gasteiger partial charge in [-0.2, -0.15) is 0 Å². The van der Waals surface area contributed by atoms with Crippen molar-refractivity contribution in [2.45, 2.75) is 19.9 Å². The van der Waals surface area contributed by atoms with Crippen molar-refractivity contribution in [3.63, 3.8) is 0 Å². The van der Waals surface area contributed by atoms with Crippen LogP contribution in [0.5, 0.6) is 0 Å². The van der Waals surface area contributed by atoms with Crippen molar-refractivity contribution in [3.05, 3.63) is 0 Å². The Kier molecular flexibility index (Phi) is 4.18. The van der Waals surface area contributed by atoms with Crippen LogP contribution in [0.3, 0.4) is 0 Å². The minimum absolute atomic E-state index is 0.0346. The van der Waals surface area contributed by atoms with E-state index in [1.54, 1.807) is 0 Å². The molecule has 0 aliphatic carbocycles. The van der Waals surface area contributed by atoms with E-state index >= 15 is 0 Å². The van der Waals surface area contributed by atoms with E-state index in [0.29, 0.717) is 0 Å². The van der Waals surface area contributed by atoms with Gasteiger partial charge in [0.25, 0.3) is 0 Å². The highest BCUT2D eigenvalue weighted by Gasteiger charge is 2.24. The first-order valence-corrected chi connectivity index (χ1v) is 4.98. The van der Waals surface area contributed by atoms with E-state index in [0.717, 1.165) is 32.7 Å². The number of carbonyl (C=O) groups is 1. The fourth-order valence-electron chi connectivity index (χ4n) is 1.53. The number of amides is 1. The van der Waals surface area contributed by atoms with Gasteiger partial charge in [0.2, 0.25) is 5.91 Å². The molecule has 0 radical (unpaired) electrons. The van der Waals surface area contributed by atoms with Gasteiger partial charge in [-0.1, -0.05) is 6.92 Å². The van der Waals surface area contributed by atoms with Gasteiger partial charge in [0.1, 0.15) is 0 Å². The van der Waals surface area contributed by atoms with Crippen LogP contribution >= 0.6 is 0 Å². The molecular weight excluding hydrogens is 166 g/mol. The van der Waals surface area contributed by atoms with Crippen LogP contribution in [-0.4, -0.2) is 49.6 Å². The lowest BCUT2D eigenvalue weighted by atomic mass is 10.2. The molecule has 13 heavy (non-hydrogen) atoms. The summed E-state index contributed by atoms with van der Waals surface area (Å²) in [7, 11) is 0. The first-order chi connectivity index (χ1) is 6.25. The van der Waals surface area contributed by atoms with Crippen LogP contribution in [0.1, 0.15) is 13.8 Å². The molecule has 0 aromatic heterocycles. The fraction of sp³-hybridized carbons (Fsp3) is 0.889.